The largest absolute Gasteiger partial charge is 0.354 e. The molecule has 0 saturated carbocycles. The lowest BCUT2D eigenvalue weighted by molar-refractivity contribution is 0.666. The summed E-state index contributed by atoms with van der Waals surface area (Å²) in [7, 11) is 0. The van der Waals surface area contributed by atoms with Gasteiger partial charge >= 0.3 is 0 Å². The molecule has 3 aromatic heterocycles. The van der Waals surface area contributed by atoms with Crippen LogP contribution in [0.4, 0.5) is 0 Å². The summed E-state index contributed by atoms with van der Waals surface area (Å²) in [6.45, 7) is 4.77. The van der Waals surface area contributed by atoms with Crippen molar-refractivity contribution in [3.8, 4) is 28.1 Å². The summed E-state index contributed by atoms with van der Waals surface area (Å²) in [4.78, 5) is 3.78. The van der Waals surface area contributed by atoms with Gasteiger partial charge < -0.3 is 9.55 Å². The molecule has 44 heavy (non-hydrogen) atoms. The summed E-state index contributed by atoms with van der Waals surface area (Å²) in [5.74, 6) is 0. The zero-order valence-corrected chi connectivity index (χ0v) is 25.3. The van der Waals surface area contributed by atoms with Crippen molar-refractivity contribution in [2.45, 2.75) is 19.3 Å². The Morgan fingerprint density at radius 3 is 2.25 bits per heavy atom. The number of H-pyrrole nitrogens is 1. The number of nitrogens with zero attached hydrogens (tertiary/aromatic N) is 1. The van der Waals surface area contributed by atoms with Gasteiger partial charge in [0.25, 0.3) is 0 Å². The summed E-state index contributed by atoms with van der Waals surface area (Å²) in [6.07, 6.45) is 0. The Bertz CT molecular complexity index is 2630. The predicted molar refractivity (Wildman–Crippen MR) is 189 cm³/mol. The van der Waals surface area contributed by atoms with Gasteiger partial charge in [0.2, 0.25) is 0 Å². The Morgan fingerprint density at radius 1 is 0.591 bits per heavy atom. The van der Waals surface area contributed by atoms with Crippen LogP contribution in [-0.2, 0) is 5.41 Å². The molecule has 0 radical (unpaired) electrons. The second-order valence-corrected chi connectivity index (χ2v) is 13.7. The van der Waals surface area contributed by atoms with Crippen molar-refractivity contribution in [3.05, 3.63) is 139 Å². The molecule has 1 aliphatic carbocycles. The first kappa shape index (κ1) is 24.3. The predicted octanol–water partition coefficient (Wildman–Crippen LogP) is 11.6. The third kappa shape index (κ3) is 3.09. The van der Waals surface area contributed by atoms with Crippen molar-refractivity contribution >= 4 is 64.2 Å². The number of thiophene rings is 1. The molecule has 0 saturated heterocycles. The fourth-order valence-electron chi connectivity index (χ4n) is 7.93. The Labute approximate surface area is 258 Å². The van der Waals surface area contributed by atoms with E-state index in [4.69, 9.17) is 0 Å². The summed E-state index contributed by atoms with van der Waals surface area (Å²) in [5.41, 5.74) is 12.7. The number of hydrogen-bond donors (Lipinski definition) is 1. The molecule has 6 aromatic carbocycles. The minimum atomic E-state index is -0.105. The lowest BCUT2D eigenvalue weighted by atomic mass is 9.81. The first-order valence-corrected chi connectivity index (χ1v) is 16.1. The molecule has 1 aliphatic rings. The van der Waals surface area contributed by atoms with Crippen molar-refractivity contribution in [2.75, 3.05) is 0 Å². The normalized spacial score (nSPS) is 13.9. The minimum absolute atomic E-state index is 0.105. The second-order valence-electron chi connectivity index (χ2n) is 12.6. The summed E-state index contributed by atoms with van der Waals surface area (Å²) < 4.78 is 5.18. The number of nitrogens with one attached hydrogen (secondary N) is 1. The number of aromatic amines is 1. The second kappa shape index (κ2) is 8.49. The van der Waals surface area contributed by atoms with E-state index < -0.39 is 0 Å². The van der Waals surface area contributed by atoms with Gasteiger partial charge in [-0.05, 0) is 64.7 Å². The van der Waals surface area contributed by atoms with Crippen molar-refractivity contribution in [1.29, 1.82) is 0 Å². The molecule has 208 valence electrons. The topological polar surface area (TPSA) is 20.7 Å². The fraction of sp³-hybridized carbons (Fsp3) is 0.0732. The molecule has 0 unspecified atom stereocenters. The molecule has 0 aliphatic heterocycles. The van der Waals surface area contributed by atoms with Crippen LogP contribution in [0.5, 0.6) is 0 Å². The summed E-state index contributed by atoms with van der Waals surface area (Å²) in [5, 5.41) is 6.55. The molecule has 1 N–H and O–H groups in total. The Hall–Kier alpha value is -5.12. The highest BCUT2D eigenvalue weighted by molar-refractivity contribution is 7.26. The van der Waals surface area contributed by atoms with Crippen LogP contribution in [0.15, 0.2) is 127 Å². The van der Waals surface area contributed by atoms with E-state index >= 15 is 0 Å². The van der Waals surface area contributed by atoms with E-state index in [9.17, 15) is 0 Å². The highest BCUT2D eigenvalue weighted by atomic mass is 32.1. The highest BCUT2D eigenvalue weighted by Crippen LogP contribution is 2.54. The molecular weight excluding hydrogens is 553 g/mol. The maximum atomic E-state index is 3.78. The molecule has 0 spiro atoms. The van der Waals surface area contributed by atoms with Gasteiger partial charge in [0.05, 0.1) is 11.2 Å². The molecule has 0 fully saturated rings. The van der Waals surface area contributed by atoms with Gasteiger partial charge in [-0.2, -0.15) is 0 Å². The van der Waals surface area contributed by atoms with E-state index in [1.54, 1.807) is 0 Å². The average Bonchev–Trinajstić information content (AvgIpc) is 3.77. The van der Waals surface area contributed by atoms with E-state index in [0.717, 1.165) is 0 Å². The van der Waals surface area contributed by atoms with E-state index in [0.29, 0.717) is 0 Å². The van der Waals surface area contributed by atoms with Gasteiger partial charge in [-0.1, -0.05) is 98.8 Å². The van der Waals surface area contributed by atoms with Crippen molar-refractivity contribution in [1.82, 2.24) is 9.55 Å². The minimum Gasteiger partial charge on any atom is -0.354 e. The lowest BCUT2D eigenvalue weighted by Crippen LogP contribution is -2.14. The molecule has 0 atom stereocenters. The van der Waals surface area contributed by atoms with Crippen LogP contribution in [0.25, 0.3) is 81.0 Å². The lowest BCUT2D eigenvalue weighted by Gasteiger charge is -2.21. The van der Waals surface area contributed by atoms with Gasteiger partial charge in [0, 0.05) is 64.0 Å². The third-order valence-corrected chi connectivity index (χ3v) is 11.1. The van der Waals surface area contributed by atoms with Crippen LogP contribution in [-0.4, -0.2) is 9.55 Å². The number of aromatic nitrogens is 2. The molecule has 0 amide bonds. The van der Waals surface area contributed by atoms with Crippen LogP contribution in [0, 0.1) is 0 Å². The average molecular weight is 581 g/mol. The first-order chi connectivity index (χ1) is 21.6. The number of para-hydroxylation sites is 1. The number of benzene rings is 6. The van der Waals surface area contributed by atoms with Gasteiger partial charge in [-0.25, -0.2) is 0 Å². The molecule has 10 rings (SSSR count). The molecule has 3 heteroatoms. The molecular formula is C41H28N2S. The third-order valence-electron chi connectivity index (χ3n) is 9.90. The van der Waals surface area contributed by atoms with Gasteiger partial charge in [-0.15, -0.1) is 11.3 Å². The van der Waals surface area contributed by atoms with Crippen molar-refractivity contribution < 1.29 is 0 Å². The van der Waals surface area contributed by atoms with Crippen molar-refractivity contribution in [3.63, 3.8) is 0 Å². The van der Waals surface area contributed by atoms with Gasteiger partial charge in [0.1, 0.15) is 0 Å². The van der Waals surface area contributed by atoms with E-state index in [2.05, 4.69) is 151 Å². The number of rotatable bonds is 2. The van der Waals surface area contributed by atoms with Crippen molar-refractivity contribution in [2.24, 2.45) is 0 Å². The van der Waals surface area contributed by atoms with Crippen LogP contribution < -0.4 is 0 Å². The number of fused-ring (bicyclic) bond motifs is 11. The maximum Gasteiger partial charge on any atom is 0.0585 e. The quantitative estimate of drug-likeness (QED) is 0.210. The summed E-state index contributed by atoms with van der Waals surface area (Å²) in [6, 6.07) is 47.0. The molecule has 3 heterocycles. The van der Waals surface area contributed by atoms with Crippen LogP contribution in [0.2, 0.25) is 0 Å². The smallest absolute Gasteiger partial charge is 0.0585 e. The highest BCUT2D eigenvalue weighted by Gasteiger charge is 2.40. The molecule has 0 bridgehead atoms. The summed E-state index contributed by atoms with van der Waals surface area (Å²) >= 11 is 1.89. The number of hydrogen-bond acceptors (Lipinski definition) is 1. The monoisotopic (exact) mass is 580 g/mol. The zero-order valence-electron chi connectivity index (χ0n) is 24.5. The molecule has 2 nitrogen and oxygen atoms in total. The van der Waals surface area contributed by atoms with Crippen LogP contribution >= 0.6 is 11.3 Å². The standard InChI is InChI=1S/C41H28N2S/c1-41(2)33-17-8-6-14-29(33)39-38(41)32-22-31-30-21-24(26-15-10-16-28-27-13-7-9-18-37(27)44-40(26)28)19-20-34(30)42-35(31)23-36(32)43(39)25-11-4-3-5-12-25/h3-23,42H,1-2H3. The Morgan fingerprint density at radius 2 is 1.34 bits per heavy atom. The van der Waals surface area contributed by atoms with E-state index in [1.807, 2.05) is 11.3 Å². The Kier molecular flexibility index (Phi) is 4.70. The maximum absolute atomic E-state index is 3.78. The van der Waals surface area contributed by atoms with Gasteiger partial charge in [0.15, 0.2) is 0 Å². The van der Waals surface area contributed by atoms with Gasteiger partial charge in [-0.3, -0.25) is 0 Å². The zero-order chi connectivity index (χ0) is 29.2. The Balaban J connectivity index is 1.27. The van der Waals surface area contributed by atoms with E-state index in [-0.39, 0.29) is 5.41 Å². The van der Waals surface area contributed by atoms with Crippen LogP contribution in [0.1, 0.15) is 25.0 Å². The van der Waals surface area contributed by atoms with E-state index in [1.165, 1.54) is 92.1 Å². The molecule has 9 aromatic rings. The first-order valence-electron chi connectivity index (χ1n) is 15.3. The fourth-order valence-corrected chi connectivity index (χ4v) is 9.16. The SMILES string of the molecule is CC1(C)c2ccccc2-c2c1c1cc3c(cc1n2-c1ccccc1)[nH]c1ccc(-c2cccc4c2sc2ccccc24)cc13. The van der Waals surface area contributed by atoms with Crippen LogP contribution in [0.3, 0.4) is 0 Å².